The van der Waals surface area contributed by atoms with Crippen LogP contribution >= 0.6 is 27.5 Å². The van der Waals surface area contributed by atoms with Crippen molar-refractivity contribution in [3.63, 3.8) is 0 Å². The van der Waals surface area contributed by atoms with Crippen LogP contribution in [-0.2, 0) is 24.9 Å². The van der Waals surface area contributed by atoms with Crippen LogP contribution in [0.2, 0.25) is 5.02 Å². The molecular formula is C21H23BrClN5O4. The third-order valence-electron chi connectivity index (χ3n) is 5.86. The maximum absolute atomic E-state index is 12.8. The molecule has 0 unspecified atom stereocenters. The Morgan fingerprint density at radius 2 is 2.03 bits per heavy atom. The van der Waals surface area contributed by atoms with Crippen molar-refractivity contribution in [2.75, 3.05) is 20.2 Å². The fourth-order valence-corrected chi connectivity index (χ4v) is 4.55. The molecule has 4 rings (SSSR count). The number of methoxy groups -OCH3 is 1. The van der Waals surface area contributed by atoms with Gasteiger partial charge in [0.2, 0.25) is 0 Å². The van der Waals surface area contributed by atoms with Crippen LogP contribution < -0.4 is 5.56 Å². The lowest BCUT2D eigenvalue weighted by atomic mass is 9.91. The maximum atomic E-state index is 12.8. The number of nitrogens with zero attached hydrogens (tertiary/aromatic N) is 5. The van der Waals surface area contributed by atoms with Gasteiger partial charge in [-0.15, -0.1) is 0 Å². The van der Waals surface area contributed by atoms with Gasteiger partial charge in [0.1, 0.15) is 10.1 Å². The van der Waals surface area contributed by atoms with E-state index in [9.17, 15) is 14.7 Å². The lowest BCUT2D eigenvalue weighted by Crippen LogP contribution is -2.47. The first-order chi connectivity index (χ1) is 15.2. The van der Waals surface area contributed by atoms with Gasteiger partial charge in [-0.25, -0.2) is 9.78 Å². The van der Waals surface area contributed by atoms with Crippen LogP contribution in [0.1, 0.15) is 28.8 Å². The van der Waals surface area contributed by atoms with Gasteiger partial charge < -0.3 is 9.84 Å². The van der Waals surface area contributed by atoms with Crippen molar-refractivity contribution in [3.8, 4) is 0 Å². The van der Waals surface area contributed by atoms with Crippen LogP contribution in [0.4, 0.5) is 0 Å². The van der Waals surface area contributed by atoms with E-state index < -0.39 is 11.6 Å². The minimum Gasteiger partial charge on any atom is -0.465 e. The molecule has 1 fully saturated rings. The smallest absolute Gasteiger partial charge is 0.337 e. The van der Waals surface area contributed by atoms with E-state index in [2.05, 4.69) is 30.9 Å². The molecule has 0 spiro atoms. The zero-order chi connectivity index (χ0) is 23.0. The molecule has 1 aliphatic rings. The Hall–Kier alpha value is -2.27. The summed E-state index contributed by atoms with van der Waals surface area (Å²) in [5.41, 5.74) is 0.796. The molecule has 0 radical (unpaired) electrons. The Morgan fingerprint density at radius 3 is 2.69 bits per heavy atom. The lowest BCUT2D eigenvalue weighted by molar-refractivity contribution is -0.0364. The number of aryl methyl sites for hydroxylation is 1. The molecule has 0 aliphatic carbocycles. The topological polar surface area (TPSA) is 102 Å². The predicted octanol–water partition coefficient (Wildman–Crippen LogP) is 2.36. The van der Waals surface area contributed by atoms with Gasteiger partial charge in [-0.05, 0) is 46.5 Å². The number of likely N-dealkylation sites (tertiary alicyclic amines) is 1. The average molecular weight is 525 g/mol. The van der Waals surface area contributed by atoms with Gasteiger partial charge in [0.15, 0.2) is 5.52 Å². The van der Waals surface area contributed by atoms with E-state index >= 15 is 0 Å². The normalized spacial score (nSPS) is 16.4. The number of ether oxygens (including phenoxy) is 1. The molecule has 1 N–H and O–H groups in total. The Morgan fingerprint density at radius 1 is 1.31 bits per heavy atom. The second kappa shape index (κ2) is 8.93. The maximum Gasteiger partial charge on any atom is 0.337 e. The van der Waals surface area contributed by atoms with Crippen LogP contribution in [0.15, 0.2) is 33.9 Å². The molecule has 3 heterocycles. The molecule has 0 saturated carbocycles. The van der Waals surface area contributed by atoms with Gasteiger partial charge in [0.05, 0.1) is 31.1 Å². The van der Waals surface area contributed by atoms with Gasteiger partial charge >= 0.3 is 5.97 Å². The summed E-state index contributed by atoms with van der Waals surface area (Å²) in [6.07, 6.45) is 2.46. The standard InChI is InChI=1S/C21H23BrClN5O4/c1-26-18(22)16-17(25-26)19(29)28(12-24-16)11-21(31)5-7-27(8-6-21)10-14-4-3-13(9-15(14)23)20(30)32-2/h3-4,9,12,31H,5-8,10-11H2,1-2H3. The van der Waals surface area contributed by atoms with Gasteiger partial charge in [0, 0.05) is 31.7 Å². The predicted molar refractivity (Wildman–Crippen MR) is 123 cm³/mol. The first-order valence-electron chi connectivity index (χ1n) is 10.1. The SMILES string of the molecule is COC(=O)c1ccc(CN2CCC(O)(Cn3cnc4c(Br)n(C)nc4c3=O)CC2)c(Cl)c1. The Kier molecular flexibility index (Phi) is 6.39. The summed E-state index contributed by atoms with van der Waals surface area (Å²) < 4.78 is 8.35. The van der Waals surface area contributed by atoms with E-state index in [0.717, 1.165) is 5.56 Å². The lowest BCUT2D eigenvalue weighted by Gasteiger charge is -2.38. The molecule has 9 nitrogen and oxygen atoms in total. The highest BCUT2D eigenvalue weighted by molar-refractivity contribution is 9.10. The molecule has 1 saturated heterocycles. The highest BCUT2D eigenvalue weighted by atomic mass is 79.9. The summed E-state index contributed by atoms with van der Waals surface area (Å²) in [7, 11) is 3.06. The zero-order valence-electron chi connectivity index (χ0n) is 17.7. The third-order valence-corrected chi connectivity index (χ3v) is 7.10. The second-order valence-corrected chi connectivity index (χ2v) is 9.25. The molecule has 0 atom stereocenters. The summed E-state index contributed by atoms with van der Waals surface area (Å²) >= 11 is 9.73. The Balaban J connectivity index is 1.42. The average Bonchev–Trinajstić information content (AvgIpc) is 3.07. The number of benzene rings is 1. The van der Waals surface area contributed by atoms with Crippen molar-refractivity contribution in [1.29, 1.82) is 0 Å². The van der Waals surface area contributed by atoms with Crippen molar-refractivity contribution in [1.82, 2.24) is 24.2 Å². The minimum absolute atomic E-state index is 0.158. The minimum atomic E-state index is -1.01. The van der Waals surface area contributed by atoms with Gasteiger partial charge in [0.25, 0.3) is 5.56 Å². The molecule has 0 bridgehead atoms. The Labute approximate surface area is 197 Å². The third kappa shape index (κ3) is 4.45. The van der Waals surface area contributed by atoms with E-state index in [1.54, 1.807) is 23.9 Å². The van der Waals surface area contributed by atoms with Crippen molar-refractivity contribution in [2.24, 2.45) is 7.05 Å². The molecule has 1 aliphatic heterocycles. The number of halogens is 2. The first kappa shape index (κ1) is 22.9. The van der Waals surface area contributed by atoms with Gasteiger partial charge in [-0.3, -0.25) is 18.9 Å². The largest absolute Gasteiger partial charge is 0.465 e. The summed E-state index contributed by atoms with van der Waals surface area (Å²) in [5.74, 6) is -0.428. The summed E-state index contributed by atoms with van der Waals surface area (Å²) in [6, 6.07) is 5.12. The van der Waals surface area contributed by atoms with E-state index in [4.69, 9.17) is 16.3 Å². The van der Waals surface area contributed by atoms with Crippen molar-refractivity contribution in [3.05, 3.63) is 55.6 Å². The van der Waals surface area contributed by atoms with E-state index in [1.807, 2.05) is 6.07 Å². The molecule has 170 valence electrons. The van der Waals surface area contributed by atoms with Crippen molar-refractivity contribution < 1.29 is 14.6 Å². The zero-order valence-corrected chi connectivity index (χ0v) is 20.1. The van der Waals surface area contributed by atoms with Crippen LogP contribution in [-0.4, -0.2) is 61.1 Å². The molecule has 2 aromatic heterocycles. The molecule has 11 heteroatoms. The molecule has 32 heavy (non-hydrogen) atoms. The molecule has 3 aromatic rings. The summed E-state index contributed by atoms with van der Waals surface area (Å²) in [5, 5.41) is 15.8. The van der Waals surface area contributed by atoms with Gasteiger partial charge in [-0.2, -0.15) is 5.10 Å². The van der Waals surface area contributed by atoms with Gasteiger partial charge in [-0.1, -0.05) is 17.7 Å². The highest BCUT2D eigenvalue weighted by Gasteiger charge is 2.33. The number of rotatable bonds is 5. The number of esters is 1. The van der Waals surface area contributed by atoms with E-state index in [-0.39, 0.29) is 17.6 Å². The number of piperidine rings is 1. The number of fused-ring (bicyclic) bond motifs is 1. The number of aromatic nitrogens is 4. The van der Waals surface area contributed by atoms with Crippen molar-refractivity contribution in [2.45, 2.75) is 31.5 Å². The number of aliphatic hydroxyl groups is 1. The van der Waals surface area contributed by atoms with Crippen LogP contribution in [0.3, 0.4) is 0 Å². The number of hydrogen-bond donors (Lipinski definition) is 1. The quantitative estimate of drug-likeness (QED) is 0.511. The monoisotopic (exact) mass is 523 g/mol. The summed E-state index contributed by atoms with van der Waals surface area (Å²) in [6.45, 7) is 2.05. The molecular weight excluding hydrogens is 502 g/mol. The molecule has 0 amide bonds. The number of carbonyl (C=O) groups excluding carboxylic acids is 1. The number of carbonyl (C=O) groups is 1. The van der Waals surface area contributed by atoms with Crippen molar-refractivity contribution >= 4 is 44.5 Å². The first-order valence-corrected chi connectivity index (χ1v) is 11.3. The fourth-order valence-electron chi connectivity index (χ4n) is 3.94. The highest BCUT2D eigenvalue weighted by Crippen LogP contribution is 2.27. The van der Waals surface area contributed by atoms with Crippen LogP contribution in [0.25, 0.3) is 11.0 Å². The van der Waals surface area contributed by atoms with E-state index in [0.29, 0.717) is 53.2 Å². The second-order valence-electron chi connectivity index (χ2n) is 8.09. The summed E-state index contributed by atoms with van der Waals surface area (Å²) in [4.78, 5) is 31.0. The number of hydrogen-bond acceptors (Lipinski definition) is 7. The fraction of sp³-hybridized carbons (Fsp3) is 0.429. The van der Waals surface area contributed by atoms with Crippen LogP contribution in [0.5, 0.6) is 0 Å². The molecule has 1 aromatic carbocycles. The van der Waals surface area contributed by atoms with E-state index in [1.165, 1.54) is 18.0 Å². The Bertz CT molecular complexity index is 1230. The van der Waals surface area contributed by atoms with Crippen LogP contribution in [0, 0.1) is 0 Å².